The second-order valence-electron chi connectivity index (χ2n) is 5.22. The molecule has 1 aliphatic carbocycles. The Morgan fingerprint density at radius 1 is 1.58 bits per heavy atom. The molecule has 0 aromatic carbocycles. The largest absolute Gasteiger partial charge is 0.355 e. The SMILES string of the molecule is CSCC(C)N(C)c1ncc(CNC2CC2)cc1Cl. The number of anilines is 1. The molecular weight excluding hydrogens is 278 g/mol. The average molecular weight is 300 g/mol. The average Bonchev–Trinajstić information content (AvgIpc) is 3.20. The van der Waals surface area contributed by atoms with Gasteiger partial charge in [-0.25, -0.2) is 4.98 Å². The highest BCUT2D eigenvalue weighted by Gasteiger charge is 2.20. The van der Waals surface area contributed by atoms with Crippen molar-refractivity contribution >= 4 is 29.2 Å². The molecule has 0 amide bonds. The van der Waals surface area contributed by atoms with Gasteiger partial charge in [0.05, 0.1) is 5.02 Å². The summed E-state index contributed by atoms with van der Waals surface area (Å²) in [7, 11) is 2.05. The van der Waals surface area contributed by atoms with Gasteiger partial charge in [-0.1, -0.05) is 11.6 Å². The number of hydrogen-bond acceptors (Lipinski definition) is 4. The number of hydrogen-bond donors (Lipinski definition) is 1. The van der Waals surface area contributed by atoms with Crippen LogP contribution in [0.5, 0.6) is 0 Å². The Balaban J connectivity index is 2.00. The van der Waals surface area contributed by atoms with Crippen molar-refractivity contribution in [2.45, 2.75) is 38.4 Å². The highest BCUT2D eigenvalue weighted by Crippen LogP contribution is 2.26. The quantitative estimate of drug-likeness (QED) is 0.837. The Kier molecular flexibility index (Phi) is 5.37. The minimum atomic E-state index is 0.426. The molecule has 1 aromatic heterocycles. The second kappa shape index (κ2) is 6.82. The molecule has 0 saturated heterocycles. The summed E-state index contributed by atoms with van der Waals surface area (Å²) >= 11 is 8.20. The molecule has 1 fully saturated rings. The highest BCUT2D eigenvalue weighted by atomic mass is 35.5. The molecule has 1 N–H and O–H groups in total. The van der Waals surface area contributed by atoms with Crippen LogP contribution in [0.3, 0.4) is 0 Å². The Hall–Kier alpha value is -0.450. The summed E-state index contributed by atoms with van der Waals surface area (Å²) in [5.74, 6) is 1.94. The number of pyridine rings is 1. The van der Waals surface area contributed by atoms with E-state index in [0.29, 0.717) is 12.1 Å². The number of halogens is 1. The Labute approximate surface area is 125 Å². The first-order chi connectivity index (χ1) is 9.11. The zero-order chi connectivity index (χ0) is 13.8. The fourth-order valence-electron chi connectivity index (χ4n) is 1.94. The van der Waals surface area contributed by atoms with Crippen molar-refractivity contribution in [3.8, 4) is 0 Å². The number of aromatic nitrogens is 1. The predicted molar refractivity (Wildman–Crippen MR) is 85.4 cm³/mol. The van der Waals surface area contributed by atoms with Crippen LogP contribution in [0.15, 0.2) is 12.3 Å². The van der Waals surface area contributed by atoms with Crippen LogP contribution in [0.2, 0.25) is 5.02 Å². The predicted octanol–water partition coefficient (Wildman–Crippen LogP) is 3.17. The van der Waals surface area contributed by atoms with Crippen LogP contribution in [0, 0.1) is 0 Å². The fraction of sp³-hybridized carbons (Fsp3) is 0.643. The van der Waals surface area contributed by atoms with E-state index in [4.69, 9.17) is 11.6 Å². The summed E-state index contributed by atoms with van der Waals surface area (Å²) in [4.78, 5) is 6.67. The fourth-order valence-corrected chi connectivity index (χ4v) is 2.97. The lowest BCUT2D eigenvalue weighted by atomic mass is 10.2. The molecular formula is C14H22ClN3S. The van der Waals surface area contributed by atoms with Gasteiger partial charge in [-0.15, -0.1) is 0 Å². The van der Waals surface area contributed by atoms with E-state index in [0.717, 1.165) is 28.7 Å². The monoisotopic (exact) mass is 299 g/mol. The number of rotatable bonds is 7. The van der Waals surface area contributed by atoms with Gasteiger partial charge in [0.1, 0.15) is 5.82 Å². The molecule has 1 heterocycles. The lowest BCUT2D eigenvalue weighted by Gasteiger charge is -2.26. The van der Waals surface area contributed by atoms with E-state index in [1.807, 2.05) is 24.0 Å². The van der Waals surface area contributed by atoms with Crippen molar-refractivity contribution in [2.75, 3.05) is 24.0 Å². The van der Waals surface area contributed by atoms with Crippen molar-refractivity contribution in [3.63, 3.8) is 0 Å². The summed E-state index contributed by atoms with van der Waals surface area (Å²) in [6.45, 7) is 3.05. The van der Waals surface area contributed by atoms with Crippen molar-refractivity contribution in [1.82, 2.24) is 10.3 Å². The van der Waals surface area contributed by atoms with E-state index in [-0.39, 0.29) is 0 Å². The summed E-state index contributed by atoms with van der Waals surface area (Å²) in [6.07, 6.45) is 6.65. The molecule has 0 aliphatic heterocycles. The zero-order valence-corrected chi connectivity index (χ0v) is 13.4. The summed E-state index contributed by atoms with van der Waals surface area (Å²) in [6, 6.07) is 3.17. The van der Waals surface area contributed by atoms with E-state index in [1.165, 1.54) is 12.8 Å². The Morgan fingerprint density at radius 3 is 2.89 bits per heavy atom. The molecule has 5 heteroatoms. The van der Waals surface area contributed by atoms with Gasteiger partial charge >= 0.3 is 0 Å². The number of thioether (sulfide) groups is 1. The smallest absolute Gasteiger partial charge is 0.147 e. The summed E-state index contributed by atoms with van der Waals surface area (Å²) in [5.41, 5.74) is 1.16. The van der Waals surface area contributed by atoms with E-state index in [9.17, 15) is 0 Å². The molecule has 1 aliphatic rings. The van der Waals surface area contributed by atoms with E-state index in [2.05, 4.69) is 35.4 Å². The third-order valence-corrected chi connectivity index (χ3v) is 4.55. The van der Waals surface area contributed by atoms with E-state index >= 15 is 0 Å². The number of nitrogens with zero attached hydrogens (tertiary/aromatic N) is 2. The molecule has 1 saturated carbocycles. The molecule has 0 spiro atoms. The van der Waals surface area contributed by atoms with Gasteiger partial charge in [0.2, 0.25) is 0 Å². The van der Waals surface area contributed by atoms with Gasteiger partial charge in [-0.2, -0.15) is 11.8 Å². The zero-order valence-electron chi connectivity index (χ0n) is 11.8. The molecule has 19 heavy (non-hydrogen) atoms. The van der Waals surface area contributed by atoms with Crippen LogP contribution < -0.4 is 10.2 Å². The third kappa shape index (κ3) is 4.26. The maximum absolute atomic E-state index is 6.36. The van der Waals surface area contributed by atoms with Crippen molar-refractivity contribution in [3.05, 3.63) is 22.8 Å². The van der Waals surface area contributed by atoms with Crippen molar-refractivity contribution < 1.29 is 0 Å². The molecule has 1 atom stereocenters. The third-order valence-electron chi connectivity index (χ3n) is 3.45. The van der Waals surface area contributed by atoms with Gasteiger partial charge in [0.25, 0.3) is 0 Å². The summed E-state index contributed by atoms with van der Waals surface area (Å²) in [5, 5.41) is 4.22. The van der Waals surface area contributed by atoms with Gasteiger partial charge < -0.3 is 10.2 Å². The van der Waals surface area contributed by atoms with E-state index in [1.54, 1.807) is 0 Å². The first-order valence-corrected chi connectivity index (χ1v) is 8.48. The van der Waals surface area contributed by atoms with Gasteiger partial charge in [-0.05, 0) is 37.7 Å². The molecule has 1 unspecified atom stereocenters. The maximum atomic E-state index is 6.36. The van der Waals surface area contributed by atoms with Gasteiger partial charge in [-0.3, -0.25) is 0 Å². The Bertz CT molecular complexity index is 423. The molecule has 106 valence electrons. The molecule has 1 aromatic rings. The standard InChI is InChI=1S/C14H22ClN3S/c1-10(9-19-3)18(2)14-13(15)6-11(8-17-14)7-16-12-4-5-12/h6,8,10,12,16H,4-5,7,9H2,1-3H3. The van der Waals surface area contributed by atoms with Gasteiger partial charge in [0, 0.05) is 37.6 Å². The van der Waals surface area contributed by atoms with Crippen LogP contribution in [0.1, 0.15) is 25.3 Å². The minimum Gasteiger partial charge on any atom is -0.355 e. The molecule has 3 nitrogen and oxygen atoms in total. The maximum Gasteiger partial charge on any atom is 0.147 e. The summed E-state index contributed by atoms with van der Waals surface area (Å²) < 4.78 is 0. The van der Waals surface area contributed by atoms with Crippen molar-refractivity contribution in [2.24, 2.45) is 0 Å². The van der Waals surface area contributed by atoms with Crippen LogP contribution in [0.25, 0.3) is 0 Å². The molecule has 2 rings (SSSR count). The van der Waals surface area contributed by atoms with Crippen LogP contribution in [-0.4, -0.2) is 36.1 Å². The lowest BCUT2D eigenvalue weighted by Crippen LogP contribution is -2.31. The van der Waals surface area contributed by atoms with Gasteiger partial charge in [0.15, 0.2) is 0 Å². The van der Waals surface area contributed by atoms with Crippen LogP contribution in [0.4, 0.5) is 5.82 Å². The van der Waals surface area contributed by atoms with Crippen LogP contribution >= 0.6 is 23.4 Å². The van der Waals surface area contributed by atoms with Crippen LogP contribution in [-0.2, 0) is 6.54 Å². The first kappa shape index (κ1) is 14.9. The lowest BCUT2D eigenvalue weighted by molar-refractivity contribution is 0.684. The normalized spacial score (nSPS) is 16.4. The minimum absolute atomic E-state index is 0.426. The molecule has 0 radical (unpaired) electrons. The number of nitrogens with one attached hydrogen (secondary N) is 1. The van der Waals surface area contributed by atoms with E-state index < -0.39 is 0 Å². The Morgan fingerprint density at radius 2 is 2.32 bits per heavy atom. The first-order valence-electron chi connectivity index (χ1n) is 6.71. The topological polar surface area (TPSA) is 28.2 Å². The van der Waals surface area contributed by atoms with Crippen molar-refractivity contribution in [1.29, 1.82) is 0 Å². The highest BCUT2D eigenvalue weighted by molar-refractivity contribution is 7.98. The molecule has 0 bridgehead atoms. The second-order valence-corrected chi connectivity index (χ2v) is 6.54.